The molecule has 2 aromatic carbocycles. The minimum atomic E-state index is -0.471. The highest BCUT2D eigenvalue weighted by Gasteiger charge is 2.10. The molecule has 29 heavy (non-hydrogen) atoms. The second-order valence-corrected chi connectivity index (χ2v) is 6.88. The molecule has 0 aliphatic rings. The van der Waals surface area contributed by atoms with E-state index >= 15 is 0 Å². The Morgan fingerprint density at radius 1 is 1.28 bits per heavy atom. The van der Waals surface area contributed by atoms with Crippen LogP contribution in [0.1, 0.15) is 11.3 Å². The first-order chi connectivity index (χ1) is 13.9. The number of aryl methyl sites for hydroxylation is 1. The zero-order valence-corrected chi connectivity index (χ0v) is 16.9. The Bertz CT molecular complexity index is 1080. The van der Waals surface area contributed by atoms with Gasteiger partial charge in [0.05, 0.1) is 15.6 Å². The van der Waals surface area contributed by atoms with E-state index in [0.717, 1.165) is 10.0 Å². The Labute approximate surface area is 174 Å². The van der Waals surface area contributed by atoms with Gasteiger partial charge in [-0.05, 0) is 52.7 Å². The van der Waals surface area contributed by atoms with Crippen molar-refractivity contribution in [2.75, 3.05) is 6.61 Å². The van der Waals surface area contributed by atoms with E-state index in [2.05, 4.69) is 26.5 Å². The van der Waals surface area contributed by atoms with Crippen molar-refractivity contribution in [3.8, 4) is 17.1 Å². The lowest BCUT2D eigenvalue weighted by molar-refractivity contribution is -0.384. The molecule has 0 bridgehead atoms. The summed E-state index contributed by atoms with van der Waals surface area (Å²) >= 11 is 3.38. The van der Waals surface area contributed by atoms with Gasteiger partial charge in [-0.1, -0.05) is 18.2 Å². The summed E-state index contributed by atoms with van der Waals surface area (Å²) in [7, 11) is 0. The third-order valence-corrected chi connectivity index (χ3v) is 4.42. The molecule has 3 rings (SSSR count). The number of nitro groups is 1. The van der Waals surface area contributed by atoms with Crippen LogP contribution < -0.4 is 10.2 Å². The number of nitro benzene ring substituents is 1. The van der Waals surface area contributed by atoms with Crippen molar-refractivity contribution in [3.63, 3.8) is 0 Å². The quantitative estimate of drug-likeness (QED) is 0.320. The molecule has 0 saturated heterocycles. The average Bonchev–Trinajstić information content (AvgIpc) is 3.16. The van der Waals surface area contributed by atoms with E-state index in [1.807, 2.05) is 19.1 Å². The van der Waals surface area contributed by atoms with Gasteiger partial charge in [0.1, 0.15) is 17.3 Å². The van der Waals surface area contributed by atoms with Crippen LogP contribution in [-0.4, -0.2) is 23.7 Å². The standard InChI is InChI=1S/C20H16BrN3O5/c1-13-5-7-19(17(21)9-13)28-12-20(25)23-22-11-16-6-8-18(29-16)14-3-2-4-15(10-14)24(26)27/h2-11H,12H2,1H3,(H,23,25)/b22-11+. The minimum Gasteiger partial charge on any atom is -0.483 e. The number of amides is 1. The second-order valence-electron chi connectivity index (χ2n) is 6.03. The van der Waals surface area contributed by atoms with Gasteiger partial charge in [-0.15, -0.1) is 0 Å². The molecule has 0 unspecified atom stereocenters. The number of benzene rings is 2. The van der Waals surface area contributed by atoms with Gasteiger partial charge in [-0.25, -0.2) is 5.43 Å². The van der Waals surface area contributed by atoms with Gasteiger partial charge >= 0.3 is 0 Å². The van der Waals surface area contributed by atoms with E-state index in [9.17, 15) is 14.9 Å². The fourth-order valence-corrected chi connectivity index (χ4v) is 3.02. The van der Waals surface area contributed by atoms with Gasteiger partial charge in [-0.3, -0.25) is 14.9 Å². The number of furan rings is 1. The summed E-state index contributed by atoms with van der Waals surface area (Å²) in [5.74, 6) is 0.963. The number of carbonyl (C=O) groups excluding carboxylic acids is 1. The maximum atomic E-state index is 11.9. The van der Waals surface area contributed by atoms with Crippen LogP contribution in [0.25, 0.3) is 11.3 Å². The fourth-order valence-electron chi connectivity index (χ4n) is 2.42. The Balaban J connectivity index is 1.55. The Morgan fingerprint density at radius 3 is 2.86 bits per heavy atom. The molecule has 0 spiro atoms. The molecule has 1 aromatic heterocycles. The van der Waals surface area contributed by atoms with E-state index in [1.165, 1.54) is 18.3 Å². The SMILES string of the molecule is Cc1ccc(OCC(=O)N/N=C/c2ccc(-c3cccc([N+](=O)[O-])c3)o2)c(Br)c1. The van der Waals surface area contributed by atoms with Crippen LogP contribution in [0.2, 0.25) is 0 Å². The molecule has 0 fully saturated rings. The van der Waals surface area contributed by atoms with Crippen molar-refractivity contribution < 1.29 is 18.9 Å². The van der Waals surface area contributed by atoms with Crippen molar-refractivity contribution in [2.24, 2.45) is 5.10 Å². The lowest BCUT2D eigenvalue weighted by Crippen LogP contribution is -2.24. The van der Waals surface area contributed by atoms with Gasteiger partial charge in [0.15, 0.2) is 6.61 Å². The smallest absolute Gasteiger partial charge is 0.277 e. The molecule has 8 nitrogen and oxygen atoms in total. The highest BCUT2D eigenvalue weighted by atomic mass is 79.9. The van der Waals surface area contributed by atoms with Gasteiger partial charge in [0, 0.05) is 17.7 Å². The van der Waals surface area contributed by atoms with Crippen LogP contribution in [0.4, 0.5) is 5.69 Å². The van der Waals surface area contributed by atoms with Crippen LogP contribution in [0.5, 0.6) is 5.75 Å². The average molecular weight is 458 g/mol. The predicted molar refractivity (Wildman–Crippen MR) is 111 cm³/mol. The Hall–Kier alpha value is -3.46. The summed E-state index contributed by atoms with van der Waals surface area (Å²) < 4.78 is 11.8. The summed E-state index contributed by atoms with van der Waals surface area (Å²) in [6.45, 7) is 1.76. The Morgan fingerprint density at radius 2 is 2.10 bits per heavy atom. The van der Waals surface area contributed by atoms with Crippen molar-refractivity contribution in [1.82, 2.24) is 5.43 Å². The van der Waals surface area contributed by atoms with Gasteiger partial charge in [0.25, 0.3) is 11.6 Å². The third-order valence-electron chi connectivity index (χ3n) is 3.80. The van der Waals surface area contributed by atoms with E-state index in [0.29, 0.717) is 22.8 Å². The number of halogens is 1. The van der Waals surface area contributed by atoms with Crippen molar-refractivity contribution in [2.45, 2.75) is 6.92 Å². The molecular weight excluding hydrogens is 442 g/mol. The van der Waals surface area contributed by atoms with E-state index < -0.39 is 10.8 Å². The van der Waals surface area contributed by atoms with E-state index in [1.54, 1.807) is 30.3 Å². The minimum absolute atomic E-state index is 0.0263. The number of hydrogen-bond acceptors (Lipinski definition) is 6. The number of hydrogen-bond donors (Lipinski definition) is 1. The normalized spacial score (nSPS) is 10.8. The van der Waals surface area contributed by atoms with Crippen LogP contribution in [0.3, 0.4) is 0 Å². The highest BCUT2D eigenvalue weighted by molar-refractivity contribution is 9.10. The van der Waals surface area contributed by atoms with Gasteiger partial charge in [-0.2, -0.15) is 5.10 Å². The molecule has 0 atom stereocenters. The number of ether oxygens (including phenoxy) is 1. The lowest BCUT2D eigenvalue weighted by Gasteiger charge is -2.07. The van der Waals surface area contributed by atoms with Crippen molar-refractivity contribution in [1.29, 1.82) is 0 Å². The molecule has 1 heterocycles. The second kappa shape index (κ2) is 9.16. The zero-order valence-electron chi connectivity index (χ0n) is 15.3. The molecule has 0 aliphatic heterocycles. The largest absolute Gasteiger partial charge is 0.483 e. The fraction of sp³-hybridized carbons (Fsp3) is 0.100. The molecule has 3 aromatic rings. The first kappa shape index (κ1) is 20.3. The van der Waals surface area contributed by atoms with Crippen LogP contribution in [-0.2, 0) is 4.79 Å². The summed E-state index contributed by atoms with van der Waals surface area (Å²) in [5.41, 5.74) is 3.96. The number of carbonyl (C=O) groups is 1. The zero-order chi connectivity index (χ0) is 20.8. The number of nitrogens with one attached hydrogen (secondary N) is 1. The van der Waals surface area contributed by atoms with E-state index in [-0.39, 0.29) is 12.3 Å². The topological polar surface area (TPSA) is 107 Å². The van der Waals surface area contributed by atoms with Crippen LogP contribution >= 0.6 is 15.9 Å². The first-order valence-electron chi connectivity index (χ1n) is 8.48. The molecular formula is C20H16BrN3O5. The molecule has 9 heteroatoms. The molecule has 0 saturated carbocycles. The van der Waals surface area contributed by atoms with E-state index in [4.69, 9.17) is 9.15 Å². The van der Waals surface area contributed by atoms with Crippen LogP contribution in [0, 0.1) is 17.0 Å². The van der Waals surface area contributed by atoms with Crippen LogP contribution in [0.15, 0.2) is 68.6 Å². The summed E-state index contributed by atoms with van der Waals surface area (Å²) in [6.07, 6.45) is 1.33. The van der Waals surface area contributed by atoms with Gasteiger partial charge < -0.3 is 9.15 Å². The summed E-state index contributed by atoms with van der Waals surface area (Å²) in [4.78, 5) is 22.3. The number of rotatable bonds is 7. The van der Waals surface area contributed by atoms with Crippen molar-refractivity contribution in [3.05, 3.63) is 80.5 Å². The lowest BCUT2D eigenvalue weighted by atomic mass is 10.1. The highest BCUT2D eigenvalue weighted by Crippen LogP contribution is 2.26. The third kappa shape index (κ3) is 5.52. The summed E-state index contributed by atoms with van der Waals surface area (Å²) in [5, 5.41) is 14.7. The number of nitrogens with zero attached hydrogens (tertiary/aromatic N) is 2. The first-order valence-corrected chi connectivity index (χ1v) is 9.27. The molecule has 148 valence electrons. The maximum Gasteiger partial charge on any atom is 0.277 e. The number of hydrazone groups is 1. The predicted octanol–water partition coefficient (Wildman–Crippen LogP) is 4.45. The summed E-state index contributed by atoms with van der Waals surface area (Å²) in [6, 6.07) is 15.0. The molecule has 1 amide bonds. The monoisotopic (exact) mass is 457 g/mol. The van der Waals surface area contributed by atoms with Crippen molar-refractivity contribution >= 4 is 33.7 Å². The molecule has 0 aliphatic carbocycles. The molecule has 0 radical (unpaired) electrons. The Kier molecular flexibility index (Phi) is 6.40. The maximum absolute atomic E-state index is 11.9. The molecule has 1 N–H and O–H groups in total. The van der Waals surface area contributed by atoms with Gasteiger partial charge in [0.2, 0.25) is 0 Å². The number of non-ortho nitro benzene ring substituents is 1.